The molecule has 2 fully saturated rings. The van der Waals surface area contributed by atoms with Gasteiger partial charge in [-0.3, -0.25) is 9.69 Å². The molecule has 2 saturated heterocycles. The second kappa shape index (κ2) is 9.40. The molecule has 0 aromatic heterocycles. The Bertz CT molecular complexity index is 531. The quantitative estimate of drug-likeness (QED) is 0.906. The third kappa shape index (κ3) is 4.95. The second-order valence-corrected chi connectivity index (χ2v) is 6.92. The van der Waals surface area contributed by atoms with Gasteiger partial charge in [-0.05, 0) is 63.4 Å². The van der Waals surface area contributed by atoms with Crippen molar-refractivity contribution in [1.82, 2.24) is 15.1 Å². The molecule has 0 bridgehead atoms. The van der Waals surface area contributed by atoms with Crippen LogP contribution in [0.1, 0.15) is 48.0 Å². The molecule has 24 heavy (non-hydrogen) atoms. The summed E-state index contributed by atoms with van der Waals surface area (Å²) >= 11 is 0. The number of hydrogen-bond donors (Lipinski definition) is 1. The Morgan fingerprint density at radius 2 is 1.96 bits per heavy atom. The topological polar surface area (TPSA) is 35.6 Å². The number of halogens is 1. The maximum atomic E-state index is 12.6. The van der Waals surface area contributed by atoms with E-state index in [4.69, 9.17) is 0 Å². The van der Waals surface area contributed by atoms with E-state index in [2.05, 4.69) is 22.3 Å². The molecule has 1 unspecified atom stereocenters. The van der Waals surface area contributed by atoms with Gasteiger partial charge >= 0.3 is 0 Å². The summed E-state index contributed by atoms with van der Waals surface area (Å²) in [7, 11) is 2.05. The van der Waals surface area contributed by atoms with E-state index in [-0.39, 0.29) is 18.3 Å². The smallest absolute Gasteiger partial charge is 0.253 e. The van der Waals surface area contributed by atoms with Crippen LogP contribution in [0, 0.1) is 0 Å². The third-order valence-electron chi connectivity index (χ3n) is 5.14. The highest BCUT2D eigenvalue weighted by atomic mass is 35.5. The van der Waals surface area contributed by atoms with Crippen LogP contribution in [0.2, 0.25) is 0 Å². The molecule has 5 heteroatoms. The molecule has 0 spiro atoms. The number of piperidine rings is 2. The Balaban J connectivity index is 0.00000208. The van der Waals surface area contributed by atoms with Gasteiger partial charge in [-0.15, -0.1) is 12.4 Å². The van der Waals surface area contributed by atoms with Gasteiger partial charge in [0.15, 0.2) is 0 Å². The van der Waals surface area contributed by atoms with Crippen molar-refractivity contribution in [1.29, 1.82) is 0 Å². The number of nitrogens with one attached hydrogen (secondary N) is 1. The summed E-state index contributed by atoms with van der Waals surface area (Å²) < 4.78 is 0. The SMILES string of the molecule is CNC1CCCN(Cc2cccc(C(=O)N3CCCCC3)c2)C1.Cl. The predicted octanol–water partition coefficient (Wildman–Crippen LogP) is 2.92. The fourth-order valence-electron chi connectivity index (χ4n) is 3.78. The molecule has 1 aromatic rings. The van der Waals surface area contributed by atoms with Crippen LogP contribution in [0.15, 0.2) is 24.3 Å². The van der Waals surface area contributed by atoms with Crippen molar-refractivity contribution in [2.45, 2.75) is 44.7 Å². The van der Waals surface area contributed by atoms with E-state index >= 15 is 0 Å². The van der Waals surface area contributed by atoms with Gasteiger partial charge in [0.1, 0.15) is 0 Å². The number of carbonyl (C=O) groups is 1. The summed E-state index contributed by atoms with van der Waals surface area (Å²) in [5, 5.41) is 3.39. The number of rotatable bonds is 4. The van der Waals surface area contributed by atoms with Gasteiger partial charge in [-0.25, -0.2) is 0 Å². The Hall–Kier alpha value is -1.10. The molecule has 0 aliphatic carbocycles. The van der Waals surface area contributed by atoms with Crippen LogP contribution in [0.3, 0.4) is 0 Å². The monoisotopic (exact) mass is 351 g/mol. The Morgan fingerprint density at radius 1 is 1.17 bits per heavy atom. The number of nitrogens with zero attached hydrogens (tertiary/aromatic N) is 2. The first-order valence-electron chi connectivity index (χ1n) is 9.04. The first-order chi connectivity index (χ1) is 11.3. The van der Waals surface area contributed by atoms with Gasteiger partial charge < -0.3 is 10.2 Å². The summed E-state index contributed by atoms with van der Waals surface area (Å²) in [6, 6.07) is 8.84. The number of benzene rings is 1. The van der Waals surface area contributed by atoms with Crippen molar-refractivity contribution in [3.8, 4) is 0 Å². The van der Waals surface area contributed by atoms with Crippen molar-refractivity contribution >= 4 is 18.3 Å². The van der Waals surface area contributed by atoms with Crippen molar-refractivity contribution in [3.05, 3.63) is 35.4 Å². The van der Waals surface area contributed by atoms with Crippen molar-refractivity contribution in [2.24, 2.45) is 0 Å². The largest absolute Gasteiger partial charge is 0.339 e. The van der Waals surface area contributed by atoms with E-state index in [1.165, 1.54) is 24.8 Å². The summed E-state index contributed by atoms with van der Waals surface area (Å²) in [6.45, 7) is 5.03. The number of amides is 1. The molecule has 1 N–H and O–H groups in total. The van der Waals surface area contributed by atoms with E-state index in [9.17, 15) is 4.79 Å². The number of likely N-dealkylation sites (N-methyl/N-ethyl adjacent to an activating group) is 1. The highest BCUT2D eigenvalue weighted by Crippen LogP contribution is 2.17. The molecule has 0 saturated carbocycles. The zero-order valence-electron chi connectivity index (χ0n) is 14.7. The molecular weight excluding hydrogens is 322 g/mol. The molecule has 0 radical (unpaired) electrons. The molecule has 4 nitrogen and oxygen atoms in total. The van der Waals surface area contributed by atoms with Crippen molar-refractivity contribution < 1.29 is 4.79 Å². The summed E-state index contributed by atoms with van der Waals surface area (Å²) in [5.41, 5.74) is 2.11. The first kappa shape index (κ1) is 19.2. The number of carbonyl (C=O) groups excluding carboxylic acids is 1. The van der Waals surface area contributed by atoms with Crippen LogP contribution in [0.25, 0.3) is 0 Å². The molecule has 2 heterocycles. The van der Waals surface area contributed by atoms with Gasteiger partial charge in [0.2, 0.25) is 0 Å². The van der Waals surface area contributed by atoms with E-state index in [0.717, 1.165) is 51.1 Å². The van der Waals surface area contributed by atoms with E-state index in [1.54, 1.807) is 0 Å². The highest BCUT2D eigenvalue weighted by molar-refractivity contribution is 5.94. The lowest BCUT2D eigenvalue weighted by atomic mass is 10.0. The maximum absolute atomic E-state index is 12.6. The normalized spacial score (nSPS) is 22.0. The van der Waals surface area contributed by atoms with Crippen LogP contribution in [0.5, 0.6) is 0 Å². The Morgan fingerprint density at radius 3 is 2.71 bits per heavy atom. The minimum absolute atomic E-state index is 0. The van der Waals surface area contributed by atoms with Crippen LogP contribution in [-0.4, -0.2) is 55.0 Å². The second-order valence-electron chi connectivity index (χ2n) is 6.92. The summed E-state index contributed by atoms with van der Waals surface area (Å²) in [4.78, 5) is 17.2. The molecule has 1 amide bonds. The average Bonchev–Trinajstić information content (AvgIpc) is 2.62. The van der Waals surface area contributed by atoms with Crippen LogP contribution < -0.4 is 5.32 Å². The van der Waals surface area contributed by atoms with E-state index < -0.39 is 0 Å². The van der Waals surface area contributed by atoms with E-state index in [1.807, 2.05) is 24.1 Å². The fraction of sp³-hybridized carbons (Fsp3) is 0.632. The Labute approximate surface area is 152 Å². The Kier molecular flexibility index (Phi) is 7.53. The molecule has 2 aliphatic rings. The fourth-order valence-corrected chi connectivity index (χ4v) is 3.78. The van der Waals surface area contributed by atoms with Gasteiger partial charge in [0.25, 0.3) is 5.91 Å². The number of likely N-dealkylation sites (tertiary alicyclic amines) is 2. The molecule has 1 aromatic carbocycles. The minimum atomic E-state index is 0. The maximum Gasteiger partial charge on any atom is 0.253 e. The van der Waals surface area contributed by atoms with Gasteiger partial charge in [-0.2, -0.15) is 0 Å². The summed E-state index contributed by atoms with van der Waals surface area (Å²) in [6.07, 6.45) is 6.05. The van der Waals surface area contributed by atoms with Crippen LogP contribution in [-0.2, 0) is 6.54 Å². The molecule has 3 rings (SSSR count). The summed E-state index contributed by atoms with van der Waals surface area (Å²) in [5.74, 6) is 0.207. The van der Waals surface area contributed by atoms with Crippen LogP contribution >= 0.6 is 12.4 Å². The highest BCUT2D eigenvalue weighted by Gasteiger charge is 2.20. The first-order valence-corrected chi connectivity index (χ1v) is 9.04. The molecule has 2 aliphatic heterocycles. The average molecular weight is 352 g/mol. The standard InChI is InChI=1S/C19H29N3O.ClH/c1-20-18-9-6-10-21(15-18)14-16-7-5-8-17(13-16)19(23)22-11-3-2-4-12-22;/h5,7-8,13,18,20H,2-4,6,9-12,14-15H2,1H3;1H. The van der Waals surface area contributed by atoms with E-state index in [0.29, 0.717) is 6.04 Å². The lowest BCUT2D eigenvalue weighted by Gasteiger charge is -2.32. The zero-order chi connectivity index (χ0) is 16.1. The lowest BCUT2D eigenvalue weighted by molar-refractivity contribution is 0.0724. The zero-order valence-corrected chi connectivity index (χ0v) is 15.5. The number of hydrogen-bond acceptors (Lipinski definition) is 3. The molecule has 1 atom stereocenters. The molecule has 134 valence electrons. The minimum Gasteiger partial charge on any atom is -0.339 e. The predicted molar refractivity (Wildman–Crippen MR) is 101 cm³/mol. The molecular formula is C19H30ClN3O. The van der Waals surface area contributed by atoms with Gasteiger partial charge in [0, 0.05) is 37.8 Å². The van der Waals surface area contributed by atoms with Crippen LogP contribution in [0.4, 0.5) is 0 Å². The van der Waals surface area contributed by atoms with Gasteiger partial charge in [0.05, 0.1) is 0 Å². The van der Waals surface area contributed by atoms with Crippen molar-refractivity contribution in [3.63, 3.8) is 0 Å². The van der Waals surface area contributed by atoms with Gasteiger partial charge in [-0.1, -0.05) is 12.1 Å². The lowest BCUT2D eigenvalue weighted by Crippen LogP contribution is -2.43. The van der Waals surface area contributed by atoms with Crippen molar-refractivity contribution in [2.75, 3.05) is 33.2 Å². The third-order valence-corrected chi connectivity index (χ3v) is 5.14.